The number of hydrogen-bond donors (Lipinski definition) is 2. The first-order chi connectivity index (χ1) is 8.52. The zero-order valence-corrected chi connectivity index (χ0v) is 10.5. The summed E-state index contributed by atoms with van der Waals surface area (Å²) < 4.78 is 4.98. The minimum atomic E-state index is -1.09. The van der Waals surface area contributed by atoms with Gasteiger partial charge >= 0.3 is 5.97 Å². The molecule has 98 valence electrons. The maximum atomic E-state index is 12.1. The largest absolute Gasteiger partial charge is 0.496 e. The number of hydrogen-bond acceptors (Lipinski definition) is 5. The monoisotopic (exact) mass is 271 g/mol. The van der Waals surface area contributed by atoms with Crippen LogP contribution in [-0.2, 0) is 4.79 Å². The number of carboxylic acids is 1. The smallest absolute Gasteiger partial charge is 0.326 e. The minimum absolute atomic E-state index is 0.0516. The highest BCUT2D eigenvalue weighted by molar-refractivity contribution is 7.12. The maximum absolute atomic E-state index is 12.1. The Labute approximate surface area is 107 Å². The first-order valence-electron chi connectivity index (χ1n) is 5.37. The lowest BCUT2D eigenvalue weighted by Crippen LogP contribution is -2.40. The van der Waals surface area contributed by atoms with E-state index in [1.807, 2.05) is 0 Å². The van der Waals surface area contributed by atoms with E-state index in [2.05, 4.69) is 0 Å². The highest BCUT2D eigenvalue weighted by Crippen LogP contribution is 2.26. The van der Waals surface area contributed by atoms with E-state index in [-0.39, 0.29) is 18.9 Å². The molecule has 2 N–H and O–H groups in total. The molecule has 0 aliphatic carbocycles. The van der Waals surface area contributed by atoms with Gasteiger partial charge in [-0.3, -0.25) is 4.79 Å². The van der Waals surface area contributed by atoms with Crippen molar-refractivity contribution in [2.75, 3.05) is 13.7 Å². The molecule has 7 heteroatoms. The van der Waals surface area contributed by atoms with Crippen LogP contribution >= 0.6 is 11.3 Å². The van der Waals surface area contributed by atoms with Crippen molar-refractivity contribution >= 4 is 23.2 Å². The van der Waals surface area contributed by atoms with Crippen molar-refractivity contribution in [3.05, 3.63) is 16.3 Å². The summed E-state index contributed by atoms with van der Waals surface area (Å²) in [5.41, 5.74) is 0. The molecule has 18 heavy (non-hydrogen) atoms. The third kappa shape index (κ3) is 2.32. The summed E-state index contributed by atoms with van der Waals surface area (Å²) in [5, 5.41) is 20.2. The van der Waals surface area contributed by atoms with Gasteiger partial charge in [-0.15, -0.1) is 11.3 Å². The van der Waals surface area contributed by atoms with Gasteiger partial charge in [0.15, 0.2) is 0 Å². The second kappa shape index (κ2) is 4.95. The number of aliphatic hydroxyl groups excluding tert-OH is 1. The number of methoxy groups -OCH3 is 1. The fraction of sp³-hybridized carbons (Fsp3) is 0.455. The van der Waals surface area contributed by atoms with Crippen LogP contribution in [-0.4, -0.2) is 52.8 Å². The Bertz CT molecular complexity index is 472. The van der Waals surface area contributed by atoms with E-state index in [1.165, 1.54) is 23.3 Å². The summed E-state index contributed by atoms with van der Waals surface area (Å²) in [5.74, 6) is -0.911. The number of carbonyl (C=O) groups excluding carboxylic acids is 1. The fourth-order valence-electron chi connectivity index (χ4n) is 1.95. The SMILES string of the molecule is COc1csc(C(=O)N2CC(O)C[C@H]2C(=O)O)c1. The molecule has 1 fully saturated rings. The highest BCUT2D eigenvalue weighted by atomic mass is 32.1. The quantitative estimate of drug-likeness (QED) is 0.831. The number of nitrogens with zero attached hydrogens (tertiary/aromatic N) is 1. The molecule has 1 saturated heterocycles. The Balaban J connectivity index is 2.19. The van der Waals surface area contributed by atoms with E-state index in [0.29, 0.717) is 10.6 Å². The van der Waals surface area contributed by atoms with Gasteiger partial charge in [-0.2, -0.15) is 0 Å². The second-order valence-corrected chi connectivity index (χ2v) is 4.96. The molecule has 1 aromatic heterocycles. The first kappa shape index (κ1) is 12.8. The topological polar surface area (TPSA) is 87.1 Å². The minimum Gasteiger partial charge on any atom is -0.496 e. The number of ether oxygens (including phenoxy) is 1. The number of amides is 1. The van der Waals surface area contributed by atoms with E-state index in [4.69, 9.17) is 9.84 Å². The molecular weight excluding hydrogens is 258 g/mol. The number of likely N-dealkylation sites (tertiary alicyclic amines) is 1. The Morgan fingerprint density at radius 2 is 2.28 bits per heavy atom. The number of aliphatic hydroxyl groups is 1. The lowest BCUT2D eigenvalue weighted by Gasteiger charge is -2.20. The second-order valence-electron chi connectivity index (χ2n) is 4.05. The van der Waals surface area contributed by atoms with Crippen molar-refractivity contribution < 1.29 is 24.5 Å². The molecule has 2 rings (SSSR count). The Morgan fingerprint density at radius 1 is 1.56 bits per heavy atom. The van der Waals surface area contributed by atoms with Crippen molar-refractivity contribution in [1.29, 1.82) is 0 Å². The molecule has 1 aliphatic rings. The van der Waals surface area contributed by atoms with Gasteiger partial charge in [0.25, 0.3) is 5.91 Å². The summed E-state index contributed by atoms with van der Waals surface area (Å²) in [6, 6.07) is 0.608. The summed E-state index contributed by atoms with van der Waals surface area (Å²) in [6.07, 6.45) is -0.708. The zero-order valence-electron chi connectivity index (χ0n) is 9.70. The van der Waals surface area contributed by atoms with Gasteiger partial charge in [0.05, 0.1) is 18.1 Å². The molecule has 0 radical (unpaired) electrons. The molecule has 0 aromatic carbocycles. The fourth-order valence-corrected chi connectivity index (χ4v) is 2.76. The Kier molecular flexibility index (Phi) is 3.53. The molecule has 2 heterocycles. The van der Waals surface area contributed by atoms with Crippen molar-refractivity contribution in [1.82, 2.24) is 4.90 Å². The third-order valence-electron chi connectivity index (χ3n) is 2.85. The van der Waals surface area contributed by atoms with Crippen LogP contribution < -0.4 is 4.74 Å². The zero-order chi connectivity index (χ0) is 13.3. The molecule has 2 atom stereocenters. The van der Waals surface area contributed by atoms with Gasteiger partial charge in [-0.1, -0.05) is 0 Å². The van der Waals surface area contributed by atoms with E-state index >= 15 is 0 Å². The van der Waals surface area contributed by atoms with Crippen LogP contribution in [0.2, 0.25) is 0 Å². The van der Waals surface area contributed by atoms with Crippen LogP contribution in [0.5, 0.6) is 5.75 Å². The maximum Gasteiger partial charge on any atom is 0.326 e. The predicted molar refractivity (Wildman–Crippen MR) is 64.0 cm³/mol. The Hall–Kier alpha value is -1.60. The standard InChI is InChI=1S/C11H13NO5S/c1-17-7-3-9(18-5-7)10(14)12-4-6(13)2-8(12)11(15)16/h3,5-6,8,13H,2,4H2,1H3,(H,15,16)/t6?,8-/m0/s1. The molecule has 0 bridgehead atoms. The van der Waals surface area contributed by atoms with Crippen molar-refractivity contribution in [2.24, 2.45) is 0 Å². The van der Waals surface area contributed by atoms with Gasteiger partial charge in [0.2, 0.25) is 0 Å². The van der Waals surface area contributed by atoms with Gasteiger partial charge in [-0.25, -0.2) is 4.79 Å². The van der Waals surface area contributed by atoms with Gasteiger partial charge in [0, 0.05) is 24.4 Å². The normalized spacial score (nSPS) is 23.1. The highest BCUT2D eigenvalue weighted by Gasteiger charge is 2.39. The van der Waals surface area contributed by atoms with Crippen LogP contribution in [0.15, 0.2) is 11.4 Å². The molecule has 0 saturated carbocycles. The van der Waals surface area contributed by atoms with Crippen LogP contribution in [0.3, 0.4) is 0 Å². The molecule has 6 nitrogen and oxygen atoms in total. The molecule has 1 aliphatic heterocycles. The summed E-state index contributed by atoms with van der Waals surface area (Å²) in [4.78, 5) is 24.8. The van der Waals surface area contributed by atoms with Crippen LogP contribution in [0, 0.1) is 0 Å². The van der Waals surface area contributed by atoms with Crippen molar-refractivity contribution in [3.8, 4) is 5.75 Å². The molecule has 1 aromatic rings. The van der Waals surface area contributed by atoms with E-state index in [0.717, 1.165) is 0 Å². The van der Waals surface area contributed by atoms with E-state index in [9.17, 15) is 14.7 Å². The third-order valence-corrected chi connectivity index (χ3v) is 3.74. The summed E-state index contributed by atoms with van der Waals surface area (Å²) in [6.45, 7) is 0.0516. The van der Waals surface area contributed by atoms with Crippen LogP contribution in [0.25, 0.3) is 0 Å². The summed E-state index contributed by atoms with van der Waals surface area (Å²) in [7, 11) is 1.50. The number of carboxylic acid groups (broad SMARTS) is 1. The number of β-amino-alcohol motifs (C(OH)–C–C–N with tert-alkyl or cyclic N) is 1. The predicted octanol–water partition coefficient (Wildman–Crippen LogP) is 0.417. The number of thiophene rings is 1. The van der Waals surface area contributed by atoms with E-state index < -0.39 is 18.1 Å². The molecule has 0 spiro atoms. The van der Waals surface area contributed by atoms with E-state index in [1.54, 1.807) is 11.4 Å². The first-order valence-corrected chi connectivity index (χ1v) is 6.25. The molecule has 1 amide bonds. The lowest BCUT2D eigenvalue weighted by atomic mass is 10.2. The van der Waals surface area contributed by atoms with Crippen molar-refractivity contribution in [3.63, 3.8) is 0 Å². The number of rotatable bonds is 3. The average molecular weight is 271 g/mol. The lowest BCUT2D eigenvalue weighted by molar-refractivity contribution is -0.141. The number of aliphatic carboxylic acids is 1. The number of carbonyl (C=O) groups is 2. The molecule has 1 unspecified atom stereocenters. The van der Waals surface area contributed by atoms with Crippen LogP contribution in [0.4, 0.5) is 0 Å². The van der Waals surface area contributed by atoms with Crippen LogP contribution in [0.1, 0.15) is 16.1 Å². The summed E-state index contributed by atoms with van der Waals surface area (Å²) >= 11 is 1.19. The van der Waals surface area contributed by atoms with Crippen molar-refractivity contribution in [2.45, 2.75) is 18.6 Å². The Morgan fingerprint density at radius 3 is 2.83 bits per heavy atom. The molecular formula is C11H13NO5S. The average Bonchev–Trinajstić information content (AvgIpc) is 2.94. The van der Waals surface area contributed by atoms with Gasteiger partial charge in [-0.05, 0) is 0 Å². The van der Waals surface area contributed by atoms with Gasteiger partial charge < -0.3 is 19.8 Å². The van der Waals surface area contributed by atoms with Gasteiger partial charge in [0.1, 0.15) is 11.8 Å².